The third kappa shape index (κ3) is 6.20. The van der Waals surface area contributed by atoms with E-state index in [1.807, 2.05) is 0 Å². The molecule has 1 heterocycles. The van der Waals surface area contributed by atoms with E-state index in [2.05, 4.69) is 17.8 Å². The molecular weight excluding hydrogens is 308 g/mol. The molecule has 1 saturated heterocycles. The van der Waals surface area contributed by atoms with Gasteiger partial charge in [0.05, 0.1) is 6.10 Å². The topological polar surface area (TPSA) is 76.7 Å². The lowest BCUT2D eigenvalue weighted by Crippen LogP contribution is -2.41. The van der Waals surface area contributed by atoms with Crippen LogP contribution < -0.4 is 15.6 Å². The number of rotatable bonds is 8. The summed E-state index contributed by atoms with van der Waals surface area (Å²) >= 11 is 0. The Labute approximate surface area is 142 Å². The van der Waals surface area contributed by atoms with Crippen molar-refractivity contribution in [1.29, 1.82) is 0 Å². The average molecular weight is 334 g/mol. The summed E-state index contributed by atoms with van der Waals surface area (Å²) < 4.78 is 11.1. The SMILES string of the molecule is CCCCCC(=O)NNC(=O)c1ccc(OCC2CCCO2)cc1. The number of hydrazine groups is 1. The normalized spacial score (nSPS) is 16.6. The summed E-state index contributed by atoms with van der Waals surface area (Å²) in [5, 5.41) is 0. The van der Waals surface area contributed by atoms with E-state index in [-0.39, 0.29) is 17.9 Å². The van der Waals surface area contributed by atoms with Gasteiger partial charge in [-0.15, -0.1) is 0 Å². The van der Waals surface area contributed by atoms with Crippen LogP contribution in [-0.4, -0.2) is 31.1 Å². The molecule has 24 heavy (non-hydrogen) atoms. The molecule has 1 atom stereocenters. The van der Waals surface area contributed by atoms with E-state index >= 15 is 0 Å². The van der Waals surface area contributed by atoms with Crippen LogP contribution in [0.15, 0.2) is 24.3 Å². The fourth-order valence-electron chi connectivity index (χ4n) is 2.46. The Morgan fingerprint density at radius 3 is 2.67 bits per heavy atom. The minimum absolute atomic E-state index is 0.163. The smallest absolute Gasteiger partial charge is 0.269 e. The largest absolute Gasteiger partial charge is 0.491 e. The quantitative estimate of drug-likeness (QED) is 0.566. The zero-order valence-electron chi connectivity index (χ0n) is 14.2. The Bertz CT molecular complexity index is 524. The number of ether oxygens (including phenoxy) is 2. The van der Waals surface area contributed by atoms with E-state index in [0.717, 1.165) is 38.7 Å². The summed E-state index contributed by atoms with van der Waals surface area (Å²) in [5.74, 6) is 0.184. The van der Waals surface area contributed by atoms with Crippen molar-refractivity contribution >= 4 is 11.8 Å². The molecule has 6 nitrogen and oxygen atoms in total. The highest BCUT2D eigenvalue weighted by molar-refractivity contribution is 5.95. The zero-order valence-corrected chi connectivity index (χ0v) is 14.2. The van der Waals surface area contributed by atoms with Gasteiger partial charge in [0, 0.05) is 18.6 Å². The average Bonchev–Trinajstić information content (AvgIpc) is 3.12. The maximum atomic E-state index is 12.0. The molecule has 2 N–H and O–H groups in total. The Balaban J connectivity index is 1.71. The Morgan fingerprint density at radius 1 is 1.21 bits per heavy atom. The molecule has 1 unspecified atom stereocenters. The molecule has 0 aromatic heterocycles. The van der Waals surface area contributed by atoms with E-state index in [1.54, 1.807) is 24.3 Å². The van der Waals surface area contributed by atoms with Gasteiger partial charge in [-0.05, 0) is 43.5 Å². The lowest BCUT2D eigenvalue weighted by atomic mass is 10.2. The van der Waals surface area contributed by atoms with Gasteiger partial charge < -0.3 is 9.47 Å². The summed E-state index contributed by atoms with van der Waals surface area (Å²) in [6, 6.07) is 6.83. The minimum atomic E-state index is -0.343. The molecule has 1 aromatic carbocycles. The van der Waals surface area contributed by atoms with Crippen molar-refractivity contribution in [2.75, 3.05) is 13.2 Å². The van der Waals surface area contributed by atoms with Gasteiger partial charge in [-0.1, -0.05) is 19.8 Å². The highest BCUT2D eigenvalue weighted by Gasteiger charge is 2.16. The van der Waals surface area contributed by atoms with Crippen LogP contribution in [0.2, 0.25) is 0 Å². The molecule has 0 saturated carbocycles. The fraction of sp³-hybridized carbons (Fsp3) is 0.556. The zero-order chi connectivity index (χ0) is 17.2. The summed E-state index contributed by atoms with van der Waals surface area (Å²) in [7, 11) is 0. The van der Waals surface area contributed by atoms with E-state index in [0.29, 0.717) is 24.3 Å². The van der Waals surface area contributed by atoms with Crippen molar-refractivity contribution in [1.82, 2.24) is 10.9 Å². The maximum absolute atomic E-state index is 12.0. The second kappa shape index (κ2) is 9.93. The number of hydrogen-bond donors (Lipinski definition) is 2. The molecule has 6 heteroatoms. The van der Waals surface area contributed by atoms with Crippen LogP contribution in [0.1, 0.15) is 55.8 Å². The van der Waals surface area contributed by atoms with Gasteiger partial charge in [0.2, 0.25) is 5.91 Å². The van der Waals surface area contributed by atoms with Gasteiger partial charge in [-0.3, -0.25) is 20.4 Å². The second-order valence-corrected chi connectivity index (χ2v) is 5.93. The molecule has 132 valence electrons. The first kappa shape index (κ1) is 18.3. The van der Waals surface area contributed by atoms with E-state index in [4.69, 9.17) is 9.47 Å². The fourth-order valence-corrected chi connectivity index (χ4v) is 2.46. The summed E-state index contributed by atoms with van der Waals surface area (Å²) in [6.07, 6.45) is 5.58. The number of carbonyl (C=O) groups is 2. The van der Waals surface area contributed by atoms with Crippen molar-refractivity contribution in [3.63, 3.8) is 0 Å². The van der Waals surface area contributed by atoms with Gasteiger partial charge in [0.1, 0.15) is 12.4 Å². The first-order valence-electron chi connectivity index (χ1n) is 8.62. The lowest BCUT2D eigenvalue weighted by Gasteiger charge is -2.12. The van der Waals surface area contributed by atoms with E-state index in [1.165, 1.54) is 0 Å². The monoisotopic (exact) mass is 334 g/mol. The van der Waals surface area contributed by atoms with Crippen molar-refractivity contribution < 1.29 is 19.1 Å². The summed E-state index contributed by atoms with van der Waals surface area (Å²) in [4.78, 5) is 23.5. The number of nitrogens with one attached hydrogen (secondary N) is 2. The summed E-state index contributed by atoms with van der Waals surface area (Å²) in [6.45, 7) is 3.41. The molecule has 1 aliphatic rings. The first-order valence-corrected chi connectivity index (χ1v) is 8.62. The number of hydrogen-bond acceptors (Lipinski definition) is 4. The number of unbranched alkanes of at least 4 members (excludes halogenated alkanes) is 2. The number of carbonyl (C=O) groups excluding carboxylic acids is 2. The molecule has 0 aliphatic carbocycles. The number of benzene rings is 1. The molecule has 1 aliphatic heterocycles. The van der Waals surface area contributed by atoms with E-state index in [9.17, 15) is 9.59 Å². The van der Waals surface area contributed by atoms with Gasteiger partial charge >= 0.3 is 0 Å². The molecule has 0 spiro atoms. The van der Waals surface area contributed by atoms with Gasteiger partial charge in [0.15, 0.2) is 0 Å². The standard InChI is InChI=1S/C18H26N2O4/c1-2-3-4-7-17(21)19-20-18(22)14-8-10-15(11-9-14)24-13-16-6-5-12-23-16/h8-11,16H,2-7,12-13H2,1H3,(H,19,21)(H,20,22). The Kier molecular flexibility index (Phi) is 7.55. The first-order chi connectivity index (χ1) is 11.7. The van der Waals surface area contributed by atoms with Crippen molar-refractivity contribution in [2.45, 2.75) is 51.6 Å². The van der Waals surface area contributed by atoms with Crippen LogP contribution >= 0.6 is 0 Å². The maximum Gasteiger partial charge on any atom is 0.269 e. The second-order valence-electron chi connectivity index (χ2n) is 5.93. The molecule has 2 amide bonds. The minimum Gasteiger partial charge on any atom is -0.491 e. The summed E-state index contributed by atoms with van der Waals surface area (Å²) in [5.41, 5.74) is 5.32. The van der Waals surface area contributed by atoms with Crippen LogP contribution in [0.3, 0.4) is 0 Å². The van der Waals surface area contributed by atoms with Crippen LogP contribution in [-0.2, 0) is 9.53 Å². The number of amides is 2. The Hall–Kier alpha value is -2.08. The van der Waals surface area contributed by atoms with Crippen LogP contribution in [0.5, 0.6) is 5.75 Å². The molecule has 1 aromatic rings. The predicted molar refractivity (Wildman–Crippen MR) is 90.7 cm³/mol. The van der Waals surface area contributed by atoms with Crippen molar-refractivity contribution in [2.24, 2.45) is 0 Å². The Morgan fingerprint density at radius 2 is 2.00 bits per heavy atom. The molecule has 1 fully saturated rings. The van der Waals surface area contributed by atoms with Crippen LogP contribution in [0.25, 0.3) is 0 Å². The van der Waals surface area contributed by atoms with Crippen molar-refractivity contribution in [3.05, 3.63) is 29.8 Å². The van der Waals surface area contributed by atoms with Gasteiger partial charge in [0.25, 0.3) is 5.91 Å². The van der Waals surface area contributed by atoms with Gasteiger partial charge in [-0.2, -0.15) is 0 Å². The molecule has 2 rings (SSSR count). The van der Waals surface area contributed by atoms with Crippen LogP contribution in [0, 0.1) is 0 Å². The van der Waals surface area contributed by atoms with Crippen LogP contribution in [0.4, 0.5) is 0 Å². The molecule has 0 bridgehead atoms. The molecule has 0 radical (unpaired) electrons. The van der Waals surface area contributed by atoms with E-state index < -0.39 is 0 Å². The third-order valence-corrected chi connectivity index (χ3v) is 3.90. The lowest BCUT2D eigenvalue weighted by molar-refractivity contribution is -0.121. The highest BCUT2D eigenvalue weighted by atomic mass is 16.5. The highest BCUT2D eigenvalue weighted by Crippen LogP contribution is 2.16. The van der Waals surface area contributed by atoms with Crippen molar-refractivity contribution in [3.8, 4) is 5.75 Å². The third-order valence-electron chi connectivity index (χ3n) is 3.90. The van der Waals surface area contributed by atoms with Gasteiger partial charge in [-0.25, -0.2) is 0 Å². The molecular formula is C18H26N2O4. The predicted octanol–water partition coefficient (Wildman–Crippen LogP) is 2.59.